The van der Waals surface area contributed by atoms with Gasteiger partial charge in [0.2, 0.25) is 0 Å². The fraction of sp³-hybridized carbons (Fsp3) is 0.611. The summed E-state index contributed by atoms with van der Waals surface area (Å²) in [6, 6.07) is 4.66. The van der Waals surface area contributed by atoms with E-state index in [4.69, 9.17) is 0 Å². The Bertz CT molecular complexity index is 584. The smallest absolute Gasteiger partial charge is 0.191 e. The Labute approximate surface area is 142 Å². The Morgan fingerprint density at radius 2 is 2.04 bits per heavy atom. The molecule has 132 valence electrons. The molecule has 0 spiro atoms. The second-order valence-corrected chi connectivity index (χ2v) is 6.75. The Kier molecular flexibility index (Phi) is 5.21. The van der Waals surface area contributed by atoms with E-state index in [9.17, 15) is 8.78 Å². The van der Waals surface area contributed by atoms with E-state index in [0.29, 0.717) is 19.1 Å². The van der Waals surface area contributed by atoms with Gasteiger partial charge in [0.15, 0.2) is 5.96 Å². The number of nitrogens with one attached hydrogen (secondary N) is 2. The van der Waals surface area contributed by atoms with Gasteiger partial charge in [0, 0.05) is 32.2 Å². The number of nitrogens with zero attached hydrogens (tertiary/aromatic N) is 2. The quantitative estimate of drug-likeness (QED) is 0.642. The summed E-state index contributed by atoms with van der Waals surface area (Å²) in [5.41, 5.74) is 0.0787. The van der Waals surface area contributed by atoms with Crippen LogP contribution >= 0.6 is 0 Å². The molecule has 0 bridgehead atoms. The van der Waals surface area contributed by atoms with Crippen molar-refractivity contribution in [2.24, 2.45) is 10.9 Å². The molecule has 1 aliphatic heterocycles. The highest BCUT2D eigenvalue weighted by Crippen LogP contribution is 2.34. The molecule has 1 aromatic rings. The van der Waals surface area contributed by atoms with Crippen LogP contribution in [-0.4, -0.2) is 38.2 Å². The molecule has 1 heterocycles. The van der Waals surface area contributed by atoms with Crippen LogP contribution in [0.25, 0.3) is 0 Å². The molecule has 3 atom stereocenters. The van der Waals surface area contributed by atoms with E-state index in [1.54, 1.807) is 11.9 Å². The van der Waals surface area contributed by atoms with Crippen molar-refractivity contribution in [3.8, 4) is 0 Å². The molecule has 1 aromatic carbocycles. The summed E-state index contributed by atoms with van der Waals surface area (Å²) in [5, 5.41) is 6.84. The van der Waals surface area contributed by atoms with Crippen molar-refractivity contribution in [1.29, 1.82) is 0 Å². The standard InChI is InChI=1S/C18H26F2N4/c1-3-5-12-10-16(12)23-18(21-2)22-13-8-9-24(11-13)17-14(19)6-4-7-15(17)20/h4,6-7,12-13,16H,3,5,8-11H2,1-2H3,(H2,21,22,23). The van der Waals surface area contributed by atoms with Gasteiger partial charge in [-0.2, -0.15) is 0 Å². The summed E-state index contributed by atoms with van der Waals surface area (Å²) in [5.74, 6) is 0.540. The molecule has 0 aromatic heterocycles. The molecule has 0 amide bonds. The highest BCUT2D eigenvalue weighted by molar-refractivity contribution is 5.80. The Hall–Kier alpha value is -1.85. The molecule has 3 unspecified atom stereocenters. The van der Waals surface area contributed by atoms with Crippen LogP contribution < -0.4 is 15.5 Å². The van der Waals surface area contributed by atoms with Gasteiger partial charge in [0.1, 0.15) is 17.3 Å². The minimum Gasteiger partial charge on any atom is -0.365 e. The van der Waals surface area contributed by atoms with Crippen LogP contribution in [0.4, 0.5) is 14.5 Å². The first-order valence-corrected chi connectivity index (χ1v) is 8.81. The number of hydrogen-bond donors (Lipinski definition) is 2. The van der Waals surface area contributed by atoms with E-state index in [2.05, 4.69) is 22.5 Å². The number of guanidine groups is 1. The molecule has 2 fully saturated rings. The van der Waals surface area contributed by atoms with Crippen LogP contribution in [0.3, 0.4) is 0 Å². The monoisotopic (exact) mass is 336 g/mol. The highest BCUT2D eigenvalue weighted by atomic mass is 19.1. The summed E-state index contributed by atoms with van der Waals surface area (Å²) < 4.78 is 27.8. The van der Waals surface area contributed by atoms with E-state index in [-0.39, 0.29) is 11.7 Å². The third-order valence-corrected chi connectivity index (χ3v) is 4.91. The van der Waals surface area contributed by atoms with Crippen molar-refractivity contribution in [2.45, 2.75) is 44.7 Å². The van der Waals surface area contributed by atoms with E-state index < -0.39 is 11.6 Å². The van der Waals surface area contributed by atoms with Gasteiger partial charge in [-0.1, -0.05) is 19.4 Å². The first kappa shape index (κ1) is 17.0. The van der Waals surface area contributed by atoms with Gasteiger partial charge in [-0.25, -0.2) is 8.78 Å². The fourth-order valence-electron chi connectivity index (χ4n) is 3.53. The number of para-hydroxylation sites is 1. The maximum atomic E-state index is 13.9. The van der Waals surface area contributed by atoms with Crippen LogP contribution in [0.2, 0.25) is 0 Å². The summed E-state index contributed by atoms with van der Waals surface area (Å²) in [4.78, 5) is 6.06. The average Bonchev–Trinajstić information content (AvgIpc) is 3.11. The van der Waals surface area contributed by atoms with Crippen molar-refractivity contribution in [3.05, 3.63) is 29.8 Å². The minimum atomic E-state index is -0.501. The first-order valence-electron chi connectivity index (χ1n) is 8.81. The Morgan fingerprint density at radius 3 is 2.71 bits per heavy atom. The molecule has 6 heteroatoms. The zero-order chi connectivity index (χ0) is 17.1. The average molecular weight is 336 g/mol. The van der Waals surface area contributed by atoms with E-state index >= 15 is 0 Å². The van der Waals surface area contributed by atoms with Gasteiger partial charge < -0.3 is 15.5 Å². The van der Waals surface area contributed by atoms with Crippen LogP contribution in [0.15, 0.2) is 23.2 Å². The lowest BCUT2D eigenvalue weighted by atomic mass is 10.2. The van der Waals surface area contributed by atoms with Crippen LogP contribution in [0.5, 0.6) is 0 Å². The molecule has 1 aliphatic carbocycles. The van der Waals surface area contributed by atoms with Crippen LogP contribution in [-0.2, 0) is 0 Å². The zero-order valence-corrected chi connectivity index (χ0v) is 14.4. The lowest BCUT2D eigenvalue weighted by Gasteiger charge is -2.21. The maximum Gasteiger partial charge on any atom is 0.191 e. The third kappa shape index (κ3) is 3.79. The number of benzene rings is 1. The van der Waals surface area contributed by atoms with Gasteiger partial charge in [-0.15, -0.1) is 0 Å². The molecule has 4 nitrogen and oxygen atoms in total. The number of halogens is 2. The SMILES string of the molecule is CCCC1CC1NC(=NC)NC1CCN(c2c(F)cccc2F)C1. The van der Waals surface area contributed by atoms with E-state index in [1.807, 2.05) is 0 Å². The topological polar surface area (TPSA) is 39.7 Å². The summed E-state index contributed by atoms with van der Waals surface area (Å²) in [7, 11) is 1.76. The van der Waals surface area contributed by atoms with Crippen molar-refractivity contribution in [3.63, 3.8) is 0 Å². The second kappa shape index (κ2) is 7.36. The van der Waals surface area contributed by atoms with Crippen LogP contribution in [0, 0.1) is 17.6 Å². The molecule has 1 saturated carbocycles. The molecule has 0 radical (unpaired) electrons. The molecular formula is C18H26F2N4. The van der Waals surface area contributed by atoms with Gasteiger partial charge in [-0.3, -0.25) is 4.99 Å². The Balaban J connectivity index is 1.54. The molecule has 2 N–H and O–H groups in total. The predicted octanol–water partition coefficient (Wildman–Crippen LogP) is 2.90. The van der Waals surface area contributed by atoms with E-state index in [1.165, 1.54) is 37.5 Å². The van der Waals surface area contributed by atoms with Crippen molar-refractivity contribution in [2.75, 3.05) is 25.0 Å². The van der Waals surface area contributed by atoms with Gasteiger partial charge >= 0.3 is 0 Å². The summed E-state index contributed by atoms with van der Waals surface area (Å²) in [6.45, 7) is 3.41. The second-order valence-electron chi connectivity index (χ2n) is 6.75. The fourth-order valence-corrected chi connectivity index (χ4v) is 3.53. The van der Waals surface area contributed by atoms with Gasteiger partial charge in [0.05, 0.1) is 0 Å². The van der Waals surface area contributed by atoms with Gasteiger partial charge in [0.25, 0.3) is 0 Å². The molecule has 24 heavy (non-hydrogen) atoms. The number of aliphatic imine (C=N–C) groups is 1. The highest BCUT2D eigenvalue weighted by Gasteiger charge is 2.37. The van der Waals surface area contributed by atoms with Crippen LogP contribution in [0.1, 0.15) is 32.6 Å². The normalized spacial score (nSPS) is 26.6. The van der Waals surface area contributed by atoms with Crippen molar-refractivity contribution >= 4 is 11.6 Å². The lowest BCUT2D eigenvalue weighted by molar-refractivity contribution is 0.575. The largest absolute Gasteiger partial charge is 0.365 e. The number of anilines is 1. The zero-order valence-electron chi connectivity index (χ0n) is 14.4. The summed E-state index contributed by atoms with van der Waals surface area (Å²) >= 11 is 0. The number of hydrogen-bond acceptors (Lipinski definition) is 2. The van der Waals surface area contributed by atoms with Crippen molar-refractivity contribution < 1.29 is 8.78 Å². The first-order chi connectivity index (χ1) is 11.6. The maximum absolute atomic E-state index is 13.9. The molecular weight excluding hydrogens is 310 g/mol. The van der Waals surface area contributed by atoms with Gasteiger partial charge in [-0.05, 0) is 37.3 Å². The Morgan fingerprint density at radius 1 is 1.29 bits per heavy atom. The number of rotatable bonds is 5. The summed E-state index contributed by atoms with van der Waals surface area (Å²) in [6.07, 6.45) is 4.49. The minimum absolute atomic E-state index is 0.0787. The lowest BCUT2D eigenvalue weighted by Crippen LogP contribution is -2.45. The van der Waals surface area contributed by atoms with Crippen molar-refractivity contribution in [1.82, 2.24) is 10.6 Å². The molecule has 2 aliphatic rings. The third-order valence-electron chi connectivity index (χ3n) is 4.91. The molecule has 1 saturated heterocycles. The predicted molar refractivity (Wildman–Crippen MR) is 93.4 cm³/mol. The van der Waals surface area contributed by atoms with E-state index in [0.717, 1.165) is 18.3 Å². The molecule has 3 rings (SSSR count).